The summed E-state index contributed by atoms with van der Waals surface area (Å²) >= 11 is 1.93. The van der Waals surface area contributed by atoms with Gasteiger partial charge in [0.2, 0.25) is 0 Å². The maximum atomic E-state index is 3.19. The van der Waals surface area contributed by atoms with E-state index in [0.717, 1.165) is 0 Å². The molecule has 1 aromatic heterocycles. The predicted octanol–water partition coefficient (Wildman–Crippen LogP) is 2.49. The maximum Gasteiger partial charge on any atom is 0.0515 e. The molecule has 2 rings (SSSR count). The zero-order valence-electron chi connectivity index (χ0n) is 5.63. The molecule has 1 N–H and O–H groups in total. The highest BCUT2D eigenvalue weighted by Crippen LogP contribution is 2.32. The molecule has 0 aromatic carbocycles. The fourth-order valence-electron chi connectivity index (χ4n) is 1.09. The van der Waals surface area contributed by atoms with Crippen LogP contribution in [0, 0.1) is 0 Å². The molecule has 0 spiro atoms. The van der Waals surface area contributed by atoms with Crippen LogP contribution in [0.15, 0.2) is 24.4 Å². The van der Waals surface area contributed by atoms with Crippen LogP contribution in [0.5, 0.6) is 0 Å². The van der Waals surface area contributed by atoms with Crippen LogP contribution in [0.4, 0.5) is 0 Å². The van der Waals surface area contributed by atoms with Gasteiger partial charge in [0.25, 0.3) is 0 Å². The van der Waals surface area contributed by atoms with Crippen molar-refractivity contribution >= 4 is 16.7 Å². The van der Waals surface area contributed by atoms with Crippen molar-refractivity contribution < 1.29 is 0 Å². The summed E-state index contributed by atoms with van der Waals surface area (Å²) in [4.78, 5) is 4.60. The lowest BCUT2D eigenvalue weighted by atomic mass is 10.3. The van der Waals surface area contributed by atoms with Gasteiger partial charge in [-0.15, -0.1) is 11.8 Å². The minimum atomic E-state index is 1.22. The van der Waals surface area contributed by atoms with Gasteiger partial charge in [0, 0.05) is 16.9 Å². The number of nitrogens with one attached hydrogen (secondary N) is 1. The van der Waals surface area contributed by atoms with Crippen molar-refractivity contribution in [2.45, 2.75) is 6.42 Å². The van der Waals surface area contributed by atoms with Gasteiger partial charge in [-0.2, -0.15) is 0 Å². The molecule has 52 valence electrons. The van der Waals surface area contributed by atoms with Gasteiger partial charge >= 0.3 is 0 Å². The molecule has 0 aliphatic carbocycles. The van der Waals surface area contributed by atoms with E-state index in [1.165, 1.54) is 22.8 Å². The molecule has 0 unspecified atom stereocenters. The smallest absolute Gasteiger partial charge is 0.0515 e. The minimum absolute atomic E-state index is 1.22. The van der Waals surface area contributed by atoms with Crippen molar-refractivity contribution in [3.05, 3.63) is 30.1 Å². The summed E-state index contributed by atoms with van der Waals surface area (Å²) < 4.78 is 0. The molecule has 0 atom stereocenters. The standard InChI is InChI=1S/C8H9NS/c1-3-7(9-5-1)8-4-2-6-10-8/h1,3-5,9H,2,6H2. The van der Waals surface area contributed by atoms with Gasteiger partial charge in [-0.3, -0.25) is 0 Å². The number of hydrogen-bond acceptors (Lipinski definition) is 1. The normalized spacial score (nSPS) is 17.4. The van der Waals surface area contributed by atoms with Crippen LogP contribution in [-0.4, -0.2) is 10.7 Å². The van der Waals surface area contributed by atoms with Gasteiger partial charge in [0.15, 0.2) is 0 Å². The third-order valence-corrected chi connectivity index (χ3v) is 2.71. The molecular formula is C8H9NS. The molecule has 0 saturated carbocycles. The molecule has 10 heavy (non-hydrogen) atoms. The summed E-state index contributed by atoms with van der Waals surface area (Å²) in [5.74, 6) is 1.24. The topological polar surface area (TPSA) is 15.8 Å². The number of aromatic nitrogens is 1. The van der Waals surface area contributed by atoms with Crippen molar-refractivity contribution in [2.24, 2.45) is 0 Å². The molecule has 1 nitrogen and oxygen atoms in total. The van der Waals surface area contributed by atoms with Crippen molar-refractivity contribution in [1.82, 2.24) is 4.98 Å². The predicted molar refractivity (Wildman–Crippen MR) is 45.8 cm³/mol. The Morgan fingerprint density at radius 3 is 3.10 bits per heavy atom. The Bertz CT molecular complexity index is 236. The summed E-state index contributed by atoms with van der Waals surface area (Å²) in [7, 11) is 0. The van der Waals surface area contributed by atoms with Crippen LogP contribution < -0.4 is 0 Å². The van der Waals surface area contributed by atoms with E-state index < -0.39 is 0 Å². The zero-order valence-corrected chi connectivity index (χ0v) is 6.45. The van der Waals surface area contributed by atoms with Gasteiger partial charge < -0.3 is 4.98 Å². The number of hydrogen-bond donors (Lipinski definition) is 1. The van der Waals surface area contributed by atoms with Gasteiger partial charge in [-0.1, -0.05) is 6.08 Å². The summed E-state index contributed by atoms with van der Waals surface area (Å²) in [6.07, 6.45) is 5.48. The Morgan fingerprint density at radius 2 is 2.50 bits per heavy atom. The van der Waals surface area contributed by atoms with Gasteiger partial charge in [0.05, 0.1) is 5.69 Å². The zero-order chi connectivity index (χ0) is 6.81. The quantitative estimate of drug-likeness (QED) is 0.652. The third-order valence-electron chi connectivity index (χ3n) is 1.57. The SMILES string of the molecule is C1=C(c2ccc[nH]2)SCC1. The van der Waals surface area contributed by atoms with E-state index in [1.54, 1.807) is 0 Å². The minimum Gasteiger partial charge on any atom is -0.361 e. The molecule has 0 radical (unpaired) electrons. The monoisotopic (exact) mass is 151 g/mol. The Morgan fingerprint density at radius 1 is 1.50 bits per heavy atom. The first-order valence-electron chi connectivity index (χ1n) is 3.43. The molecule has 2 heteroatoms. The average molecular weight is 151 g/mol. The molecule has 0 amide bonds. The fourth-order valence-corrected chi connectivity index (χ4v) is 2.06. The second-order valence-electron chi connectivity index (χ2n) is 2.29. The van der Waals surface area contributed by atoms with E-state index in [0.29, 0.717) is 0 Å². The van der Waals surface area contributed by atoms with Crippen LogP contribution >= 0.6 is 11.8 Å². The van der Waals surface area contributed by atoms with E-state index in [1.807, 2.05) is 24.0 Å². The van der Waals surface area contributed by atoms with Gasteiger partial charge in [-0.25, -0.2) is 0 Å². The van der Waals surface area contributed by atoms with Crippen LogP contribution in [-0.2, 0) is 0 Å². The van der Waals surface area contributed by atoms with E-state index in [4.69, 9.17) is 0 Å². The van der Waals surface area contributed by atoms with Gasteiger partial charge in [-0.05, 0) is 18.6 Å². The summed E-state index contributed by atoms with van der Waals surface area (Å²) in [6.45, 7) is 0. The Kier molecular flexibility index (Phi) is 1.55. The van der Waals surface area contributed by atoms with E-state index in [9.17, 15) is 0 Å². The first kappa shape index (κ1) is 6.10. The molecule has 1 aliphatic rings. The lowest BCUT2D eigenvalue weighted by molar-refractivity contribution is 1.27. The molecule has 0 bridgehead atoms. The number of thioether (sulfide) groups is 1. The molecule has 2 heterocycles. The Labute approximate surface area is 64.5 Å². The van der Waals surface area contributed by atoms with Crippen LogP contribution in [0.3, 0.4) is 0 Å². The lowest BCUT2D eigenvalue weighted by Gasteiger charge is -1.94. The molecular weight excluding hydrogens is 142 g/mol. The number of H-pyrrole nitrogens is 1. The highest BCUT2D eigenvalue weighted by molar-refractivity contribution is 8.08. The first-order chi connectivity index (χ1) is 4.97. The van der Waals surface area contributed by atoms with Crippen molar-refractivity contribution in [3.63, 3.8) is 0 Å². The second kappa shape index (κ2) is 2.54. The summed E-state index contributed by atoms with van der Waals surface area (Å²) in [5, 5.41) is 0. The average Bonchev–Trinajstić information content (AvgIpc) is 2.59. The fraction of sp³-hybridized carbons (Fsp3) is 0.250. The largest absolute Gasteiger partial charge is 0.361 e. The highest BCUT2D eigenvalue weighted by Gasteiger charge is 2.06. The number of allylic oxidation sites excluding steroid dienone is 1. The third kappa shape index (κ3) is 0.991. The van der Waals surface area contributed by atoms with E-state index in [-0.39, 0.29) is 0 Å². The van der Waals surface area contributed by atoms with Crippen molar-refractivity contribution in [3.8, 4) is 0 Å². The summed E-state index contributed by atoms with van der Waals surface area (Å²) in [6, 6.07) is 4.15. The van der Waals surface area contributed by atoms with Crippen LogP contribution in [0.25, 0.3) is 4.91 Å². The Balaban J connectivity index is 2.28. The lowest BCUT2D eigenvalue weighted by Crippen LogP contribution is -1.73. The molecule has 0 saturated heterocycles. The van der Waals surface area contributed by atoms with Crippen molar-refractivity contribution in [1.29, 1.82) is 0 Å². The van der Waals surface area contributed by atoms with E-state index >= 15 is 0 Å². The van der Waals surface area contributed by atoms with E-state index in [2.05, 4.69) is 17.1 Å². The maximum absolute atomic E-state index is 3.19. The second-order valence-corrected chi connectivity index (χ2v) is 3.43. The molecule has 0 fully saturated rings. The number of rotatable bonds is 1. The first-order valence-corrected chi connectivity index (χ1v) is 4.42. The molecule has 1 aromatic rings. The summed E-state index contributed by atoms with van der Waals surface area (Å²) in [5.41, 5.74) is 1.27. The van der Waals surface area contributed by atoms with Crippen LogP contribution in [0.2, 0.25) is 0 Å². The van der Waals surface area contributed by atoms with Gasteiger partial charge in [0.1, 0.15) is 0 Å². The number of aromatic amines is 1. The molecule has 1 aliphatic heterocycles. The van der Waals surface area contributed by atoms with Crippen molar-refractivity contribution in [2.75, 3.05) is 5.75 Å². The highest BCUT2D eigenvalue weighted by atomic mass is 32.2. The van der Waals surface area contributed by atoms with Crippen LogP contribution in [0.1, 0.15) is 12.1 Å². The Hall–Kier alpha value is -0.630.